The largest absolute Gasteiger partial charge is 0.314 e. The highest BCUT2D eigenvalue weighted by Crippen LogP contribution is 2.20. The van der Waals surface area contributed by atoms with E-state index in [2.05, 4.69) is 38.2 Å². The molecule has 14 heavy (non-hydrogen) atoms. The lowest BCUT2D eigenvalue weighted by molar-refractivity contribution is 0.368. The van der Waals surface area contributed by atoms with E-state index in [1.807, 2.05) is 0 Å². The molecule has 1 heteroatoms. The van der Waals surface area contributed by atoms with Crippen molar-refractivity contribution in [1.82, 2.24) is 5.32 Å². The summed E-state index contributed by atoms with van der Waals surface area (Å²) >= 11 is 0. The SMILES string of the molecule is Cc1cc(C)c(CC2CCN2)c(C)c1. The van der Waals surface area contributed by atoms with Gasteiger partial charge in [-0.1, -0.05) is 17.7 Å². The first kappa shape index (κ1) is 9.72. The summed E-state index contributed by atoms with van der Waals surface area (Å²) < 4.78 is 0. The van der Waals surface area contributed by atoms with E-state index in [-0.39, 0.29) is 0 Å². The van der Waals surface area contributed by atoms with E-state index in [1.54, 1.807) is 5.56 Å². The van der Waals surface area contributed by atoms with Crippen LogP contribution in [0.4, 0.5) is 0 Å². The highest BCUT2D eigenvalue weighted by atomic mass is 15.0. The minimum atomic E-state index is 0.732. The second-order valence-electron chi connectivity index (χ2n) is 4.52. The number of hydrogen-bond donors (Lipinski definition) is 1. The number of hydrogen-bond acceptors (Lipinski definition) is 1. The molecule has 0 saturated carbocycles. The van der Waals surface area contributed by atoms with Crippen LogP contribution in [0.25, 0.3) is 0 Å². The molecule has 0 aromatic heterocycles. The van der Waals surface area contributed by atoms with Gasteiger partial charge in [-0.05, 0) is 56.8 Å². The summed E-state index contributed by atoms with van der Waals surface area (Å²) in [6.07, 6.45) is 2.55. The Bertz CT molecular complexity index is 314. The number of nitrogens with one attached hydrogen (secondary N) is 1. The van der Waals surface area contributed by atoms with Crippen molar-refractivity contribution in [2.75, 3.05) is 6.54 Å². The second kappa shape index (κ2) is 3.74. The summed E-state index contributed by atoms with van der Waals surface area (Å²) in [5.74, 6) is 0. The highest BCUT2D eigenvalue weighted by molar-refractivity contribution is 5.38. The Kier molecular flexibility index (Phi) is 2.60. The van der Waals surface area contributed by atoms with E-state index in [1.165, 1.54) is 36.1 Å². The Labute approximate surface area is 86.5 Å². The van der Waals surface area contributed by atoms with Gasteiger partial charge < -0.3 is 5.32 Å². The summed E-state index contributed by atoms with van der Waals surface area (Å²) in [5.41, 5.74) is 5.84. The molecule has 0 radical (unpaired) electrons. The van der Waals surface area contributed by atoms with E-state index in [4.69, 9.17) is 0 Å². The molecular formula is C13H19N. The first-order valence-corrected chi connectivity index (χ1v) is 5.47. The Morgan fingerprint density at radius 3 is 2.21 bits per heavy atom. The van der Waals surface area contributed by atoms with Crippen molar-refractivity contribution >= 4 is 0 Å². The topological polar surface area (TPSA) is 12.0 Å². The van der Waals surface area contributed by atoms with Crippen molar-refractivity contribution in [2.45, 2.75) is 39.7 Å². The highest BCUT2D eigenvalue weighted by Gasteiger charge is 2.18. The van der Waals surface area contributed by atoms with Gasteiger partial charge in [-0.2, -0.15) is 0 Å². The quantitative estimate of drug-likeness (QED) is 0.754. The number of aryl methyl sites for hydroxylation is 3. The maximum Gasteiger partial charge on any atom is 0.0120 e. The molecule has 0 spiro atoms. The standard InChI is InChI=1S/C13H19N/c1-9-6-10(2)13(11(3)7-9)8-12-4-5-14-12/h6-7,12,14H,4-5,8H2,1-3H3. The van der Waals surface area contributed by atoms with Crippen molar-refractivity contribution in [2.24, 2.45) is 0 Å². The lowest BCUT2D eigenvalue weighted by Crippen LogP contribution is -2.44. The summed E-state index contributed by atoms with van der Waals surface area (Å²) in [6.45, 7) is 7.84. The van der Waals surface area contributed by atoms with E-state index in [0.29, 0.717) is 0 Å². The van der Waals surface area contributed by atoms with Crippen LogP contribution >= 0.6 is 0 Å². The molecule has 0 amide bonds. The van der Waals surface area contributed by atoms with Crippen molar-refractivity contribution in [1.29, 1.82) is 0 Å². The van der Waals surface area contributed by atoms with Crippen molar-refractivity contribution in [3.8, 4) is 0 Å². The maximum atomic E-state index is 3.46. The third-order valence-corrected chi connectivity index (χ3v) is 3.22. The molecule has 0 aliphatic carbocycles. The molecule has 1 fully saturated rings. The Morgan fingerprint density at radius 1 is 1.21 bits per heavy atom. The molecule has 1 nitrogen and oxygen atoms in total. The van der Waals surface area contributed by atoms with Crippen molar-refractivity contribution < 1.29 is 0 Å². The average molecular weight is 189 g/mol. The van der Waals surface area contributed by atoms with Crippen LogP contribution in [0.5, 0.6) is 0 Å². The molecule has 1 N–H and O–H groups in total. The summed E-state index contributed by atoms with van der Waals surface area (Å²) in [5, 5.41) is 3.46. The van der Waals surface area contributed by atoms with E-state index >= 15 is 0 Å². The molecular weight excluding hydrogens is 170 g/mol. The van der Waals surface area contributed by atoms with Crippen LogP contribution in [0.1, 0.15) is 28.7 Å². The minimum absolute atomic E-state index is 0.732. The van der Waals surface area contributed by atoms with Gasteiger partial charge in [0, 0.05) is 6.04 Å². The van der Waals surface area contributed by atoms with Crippen LogP contribution in [0, 0.1) is 20.8 Å². The van der Waals surface area contributed by atoms with E-state index in [9.17, 15) is 0 Å². The van der Waals surface area contributed by atoms with Crippen LogP contribution in [-0.4, -0.2) is 12.6 Å². The smallest absolute Gasteiger partial charge is 0.0120 e. The summed E-state index contributed by atoms with van der Waals surface area (Å²) in [6, 6.07) is 5.32. The zero-order chi connectivity index (χ0) is 10.1. The molecule has 1 aromatic rings. The lowest BCUT2D eigenvalue weighted by Gasteiger charge is -2.29. The Morgan fingerprint density at radius 2 is 1.79 bits per heavy atom. The Balaban J connectivity index is 2.22. The second-order valence-corrected chi connectivity index (χ2v) is 4.52. The molecule has 2 rings (SSSR count). The van der Waals surface area contributed by atoms with E-state index < -0.39 is 0 Å². The van der Waals surface area contributed by atoms with Gasteiger partial charge in [0.2, 0.25) is 0 Å². The minimum Gasteiger partial charge on any atom is -0.314 e. The van der Waals surface area contributed by atoms with Gasteiger partial charge in [0.15, 0.2) is 0 Å². The number of benzene rings is 1. The summed E-state index contributed by atoms with van der Waals surface area (Å²) in [7, 11) is 0. The third-order valence-electron chi connectivity index (χ3n) is 3.22. The zero-order valence-electron chi connectivity index (χ0n) is 9.35. The normalized spacial score (nSPS) is 20.6. The van der Waals surface area contributed by atoms with Gasteiger partial charge in [-0.25, -0.2) is 0 Å². The molecule has 1 unspecified atom stereocenters. The van der Waals surface area contributed by atoms with Crippen LogP contribution in [-0.2, 0) is 6.42 Å². The zero-order valence-corrected chi connectivity index (χ0v) is 9.35. The van der Waals surface area contributed by atoms with Gasteiger partial charge in [0.25, 0.3) is 0 Å². The fourth-order valence-corrected chi connectivity index (χ4v) is 2.30. The number of rotatable bonds is 2. The van der Waals surface area contributed by atoms with Gasteiger partial charge in [0.05, 0.1) is 0 Å². The predicted molar refractivity (Wildman–Crippen MR) is 60.8 cm³/mol. The average Bonchev–Trinajstić information content (AvgIpc) is 1.98. The van der Waals surface area contributed by atoms with Gasteiger partial charge >= 0.3 is 0 Å². The monoisotopic (exact) mass is 189 g/mol. The van der Waals surface area contributed by atoms with Gasteiger partial charge in [-0.15, -0.1) is 0 Å². The molecule has 1 aliphatic rings. The molecule has 1 heterocycles. The predicted octanol–water partition coefficient (Wildman–Crippen LogP) is 2.52. The van der Waals surface area contributed by atoms with Crippen LogP contribution in [0.15, 0.2) is 12.1 Å². The fraction of sp³-hybridized carbons (Fsp3) is 0.538. The first-order valence-electron chi connectivity index (χ1n) is 5.47. The molecule has 1 atom stereocenters. The molecule has 0 bridgehead atoms. The van der Waals surface area contributed by atoms with Crippen molar-refractivity contribution in [3.05, 3.63) is 34.4 Å². The molecule has 1 saturated heterocycles. The fourth-order valence-electron chi connectivity index (χ4n) is 2.30. The molecule has 1 aromatic carbocycles. The maximum absolute atomic E-state index is 3.46. The molecule has 1 aliphatic heterocycles. The van der Waals surface area contributed by atoms with E-state index in [0.717, 1.165) is 6.04 Å². The van der Waals surface area contributed by atoms with Gasteiger partial charge in [0.1, 0.15) is 0 Å². The lowest BCUT2D eigenvalue weighted by atomic mass is 9.91. The van der Waals surface area contributed by atoms with Crippen LogP contribution in [0.3, 0.4) is 0 Å². The molecule has 76 valence electrons. The van der Waals surface area contributed by atoms with Crippen LogP contribution in [0.2, 0.25) is 0 Å². The van der Waals surface area contributed by atoms with Gasteiger partial charge in [-0.3, -0.25) is 0 Å². The first-order chi connectivity index (χ1) is 6.66. The third kappa shape index (κ3) is 1.83. The summed E-state index contributed by atoms with van der Waals surface area (Å²) in [4.78, 5) is 0. The van der Waals surface area contributed by atoms with Crippen LogP contribution < -0.4 is 5.32 Å². The van der Waals surface area contributed by atoms with Crippen molar-refractivity contribution in [3.63, 3.8) is 0 Å². The Hall–Kier alpha value is -0.820.